The Kier molecular flexibility index (Phi) is 8.06. The summed E-state index contributed by atoms with van der Waals surface area (Å²) < 4.78 is 96.6. The molecule has 0 heterocycles. The Morgan fingerprint density at radius 3 is 1.97 bits per heavy atom. The summed E-state index contributed by atoms with van der Waals surface area (Å²) in [6.45, 7) is 1.70. The number of hydrogen-bond acceptors (Lipinski definition) is 11. The molecule has 0 unspecified atom stereocenters. The Labute approximate surface area is 195 Å². The number of azo groups is 1. The summed E-state index contributed by atoms with van der Waals surface area (Å²) in [4.78, 5) is -1.02. The van der Waals surface area contributed by atoms with Crippen LogP contribution in [-0.4, -0.2) is 45.7 Å². The van der Waals surface area contributed by atoms with E-state index in [0.717, 1.165) is 18.2 Å². The van der Waals surface area contributed by atoms with Gasteiger partial charge in [0.25, 0.3) is 20.2 Å². The predicted molar refractivity (Wildman–Crippen MR) is 120 cm³/mol. The molecule has 34 heavy (non-hydrogen) atoms. The van der Waals surface area contributed by atoms with Crippen molar-refractivity contribution < 1.29 is 43.3 Å². The van der Waals surface area contributed by atoms with Gasteiger partial charge in [-0.25, -0.2) is 0 Å². The predicted octanol–water partition coefficient (Wildman–Crippen LogP) is 2.64. The van der Waals surface area contributed by atoms with Gasteiger partial charge in [-0.15, -0.1) is 17.7 Å². The molecule has 3 aromatic rings. The smallest absolute Gasteiger partial charge is 0.425 e. The molecule has 3 aromatic carbocycles. The average molecular weight is 532 g/mol. The number of aryl methyl sites for hydroxylation is 1. The number of methoxy groups -OCH3 is 1. The minimum Gasteiger partial charge on any atom is -0.495 e. The number of ether oxygens (including phenoxy) is 1. The molecule has 0 saturated carbocycles. The van der Waals surface area contributed by atoms with E-state index >= 15 is 0 Å². The molecule has 0 atom stereocenters. The van der Waals surface area contributed by atoms with Crippen LogP contribution in [0.2, 0.25) is 0 Å². The van der Waals surface area contributed by atoms with Crippen molar-refractivity contribution in [3.63, 3.8) is 0 Å². The Bertz CT molecular complexity index is 1610. The number of fused-ring (bicyclic) bond motifs is 1. The van der Waals surface area contributed by atoms with E-state index in [1.807, 2.05) is 0 Å². The van der Waals surface area contributed by atoms with Gasteiger partial charge in [0.2, 0.25) is 0 Å². The molecule has 0 saturated heterocycles. The van der Waals surface area contributed by atoms with Gasteiger partial charge in [0.1, 0.15) is 21.2 Å². The van der Waals surface area contributed by atoms with Gasteiger partial charge in [0.15, 0.2) is 0 Å². The van der Waals surface area contributed by atoms with Crippen molar-refractivity contribution in [1.82, 2.24) is 0 Å². The normalized spacial score (nSPS) is 11.8. The largest absolute Gasteiger partial charge is 0.495 e. The molecule has 13 nitrogen and oxygen atoms in total. The monoisotopic (exact) mass is 531 g/mol. The van der Waals surface area contributed by atoms with Crippen molar-refractivity contribution in [1.29, 1.82) is 0 Å². The summed E-state index contributed by atoms with van der Waals surface area (Å²) in [6.07, 6.45) is 0. The van der Waals surface area contributed by atoms with Gasteiger partial charge in [0.05, 0.1) is 18.5 Å². The highest BCUT2D eigenvalue weighted by Crippen LogP contribution is 2.36. The van der Waals surface area contributed by atoms with Crippen molar-refractivity contribution in [3.05, 3.63) is 48.0 Å². The van der Waals surface area contributed by atoms with Crippen LogP contribution in [0, 0.1) is 6.92 Å². The second-order valence-electron chi connectivity index (χ2n) is 6.53. The SMILES string of the molecule is COc1cc(N=Nc2cc3c(S(=O)(=O)O)cccc3cc2S(=O)(=O)O)c(C)cc1N.O=S(=O)=O. The van der Waals surface area contributed by atoms with Crippen LogP contribution in [0.25, 0.3) is 10.8 Å². The zero-order valence-corrected chi connectivity index (χ0v) is 19.8. The summed E-state index contributed by atoms with van der Waals surface area (Å²) in [7, 11) is -11.0. The first-order valence-electron chi connectivity index (χ1n) is 8.79. The molecule has 0 amide bonds. The molecule has 0 bridgehead atoms. The zero-order valence-electron chi connectivity index (χ0n) is 17.4. The molecule has 182 valence electrons. The van der Waals surface area contributed by atoms with Gasteiger partial charge < -0.3 is 10.5 Å². The lowest BCUT2D eigenvalue weighted by molar-refractivity contribution is 0.417. The second-order valence-corrected chi connectivity index (χ2v) is 9.72. The van der Waals surface area contributed by atoms with Crippen LogP contribution in [0.4, 0.5) is 17.1 Å². The number of rotatable bonds is 5. The molecule has 0 aliphatic heterocycles. The highest BCUT2D eigenvalue weighted by atomic mass is 32.2. The van der Waals surface area contributed by atoms with E-state index in [0.29, 0.717) is 22.7 Å². The van der Waals surface area contributed by atoms with Crippen LogP contribution >= 0.6 is 0 Å². The molecule has 0 aromatic heterocycles. The third-order valence-corrected chi connectivity index (χ3v) is 6.08. The summed E-state index contributed by atoms with van der Waals surface area (Å²) in [5, 5.41) is 8.06. The number of nitrogens with two attached hydrogens (primary N) is 1. The standard InChI is InChI=1S/C18H17N3O7S2.O3S/c1-10-6-13(19)16(28-2)9-14(10)20-21-15-8-12-11(7-18(15)30(25,26)27)4-3-5-17(12)29(22,23)24;1-4(2)3/h3-9H,19H2,1-2H3,(H,22,23,24)(H,25,26,27);. The Hall–Kier alpha value is -3.44. The highest BCUT2D eigenvalue weighted by Gasteiger charge is 2.21. The average Bonchev–Trinajstić information content (AvgIpc) is 2.70. The molecular weight excluding hydrogens is 514 g/mol. The molecule has 3 rings (SSSR count). The molecule has 0 aliphatic carbocycles. The Morgan fingerprint density at radius 1 is 0.882 bits per heavy atom. The van der Waals surface area contributed by atoms with Crippen LogP contribution in [0.3, 0.4) is 0 Å². The molecule has 0 spiro atoms. The first-order chi connectivity index (χ1) is 15.6. The first-order valence-corrected chi connectivity index (χ1v) is 12.7. The minimum absolute atomic E-state index is 0.00737. The molecular formula is C18H17N3O10S3. The van der Waals surface area contributed by atoms with Crippen LogP contribution in [0.15, 0.2) is 62.5 Å². The molecule has 0 aliphatic rings. The lowest BCUT2D eigenvalue weighted by Gasteiger charge is -2.09. The molecule has 0 fully saturated rings. The topological polar surface area (TPSA) is 220 Å². The fraction of sp³-hybridized carbons (Fsp3) is 0.111. The van der Waals surface area contributed by atoms with Gasteiger partial charge in [-0.05, 0) is 42.1 Å². The van der Waals surface area contributed by atoms with Gasteiger partial charge in [-0.2, -0.15) is 21.9 Å². The molecule has 0 radical (unpaired) electrons. The third kappa shape index (κ3) is 6.55. The van der Waals surface area contributed by atoms with Crippen molar-refractivity contribution in [2.45, 2.75) is 16.7 Å². The van der Waals surface area contributed by atoms with Gasteiger partial charge in [0, 0.05) is 11.5 Å². The van der Waals surface area contributed by atoms with Crippen molar-refractivity contribution in [2.75, 3.05) is 12.8 Å². The quantitative estimate of drug-likeness (QED) is 0.247. The van der Waals surface area contributed by atoms with Crippen LogP contribution in [-0.2, 0) is 30.8 Å². The van der Waals surface area contributed by atoms with Gasteiger partial charge in [-0.1, -0.05) is 12.1 Å². The molecule has 4 N–H and O–H groups in total. The number of nitrogen functional groups attached to an aromatic ring is 1. The van der Waals surface area contributed by atoms with E-state index in [1.165, 1.54) is 25.3 Å². The van der Waals surface area contributed by atoms with Gasteiger partial charge >= 0.3 is 10.6 Å². The fourth-order valence-corrected chi connectivity index (χ4v) is 4.21. The number of benzene rings is 3. The number of hydrogen-bond donors (Lipinski definition) is 3. The van der Waals surface area contributed by atoms with E-state index in [4.69, 9.17) is 23.1 Å². The maximum Gasteiger partial charge on any atom is 0.425 e. The summed E-state index contributed by atoms with van der Waals surface area (Å²) in [5.41, 5.74) is 6.79. The van der Waals surface area contributed by atoms with Crippen LogP contribution in [0.5, 0.6) is 5.75 Å². The van der Waals surface area contributed by atoms with E-state index in [1.54, 1.807) is 13.0 Å². The van der Waals surface area contributed by atoms with Crippen LogP contribution in [0.1, 0.15) is 5.56 Å². The lowest BCUT2D eigenvalue weighted by atomic mass is 10.1. The fourth-order valence-electron chi connectivity index (χ4n) is 2.87. The van der Waals surface area contributed by atoms with E-state index in [2.05, 4.69) is 10.2 Å². The first kappa shape index (κ1) is 26.8. The third-order valence-electron chi connectivity index (χ3n) is 4.29. The highest BCUT2D eigenvalue weighted by molar-refractivity contribution is 7.86. The Morgan fingerprint density at radius 2 is 1.44 bits per heavy atom. The number of nitrogens with zero attached hydrogens (tertiary/aromatic N) is 2. The maximum absolute atomic E-state index is 11.9. The van der Waals surface area contributed by atoms with Crippen molar-refractivity contribution in [2.24, 2.45) is 10.2 Å². The van der Waals surface area contributed by atoms with Gasteiger partial charge in [-0.3, -0.25) is 9.11 Å². The zero-order chi connectivity index (χ0) is 25.8. The number of anilines is 1. The maximum atomic E-state index is 11.9. The van der Waals surface area contributed by atoms with E-state index in [9.17, 15) is 25.9 Å². The second kappa shape index (κ2) is 10.2. The van der Waals surface area contributed by atoms with Crippen LogP contribution < -0.4 is 10.5 Å². The van der Waals surface area contributed by atoms with E-state index < -0.39 is 40.6 Å². The Balaban J connectivity index is 0.000000945. The van der Waals surface area contributed by atoms with Crippen molar-refractivity contribution in [3.8, 4) is 5.75 Å². The minimum atomic E-state index is -4.72. The summed E-state index contributed by atoms with van der Waals surface area (Å²) >= 11 is 0. The summed E-state index contributed by atoms with van der Waals surface area (Å²) in [5.74, 6) is 0.330. The molecule has 16 heteroatoms. The van der Waals surface area contributed by atoms with Crippen molar-refractivity contribution >= 4 is 58.7 Å². The van der Waals surface area contributed by atoms with E-state index in [-0.39, 0.29) is 16.5 Å². The summed E-state index contributed by atoms with van der Waals surface area (Å²) in [6, 6.07) is 9.14. The lowest BCUT2D eigenvalue weighted by Crippen LogP contribution is -2.01.